The molecule has 2 nitrogen and oxygen atoms in total. The molecule has 72 valence electrons. The smallest absolute Gasteiger partial charge is 0.00147 e. The summed E-state index contributed by atoms with van der Waals surface area (Å²) in [5, 5.41) is 0. The minimum Gasteiger partial charge on any atom is -0.330 e. The van der Waals surface area contributed by atoms with Gasteiger partial charge in [-0.1, -0.05) is 13.8 Å². The zero-order valence-corrected chi connectivity index (χ0v) is 8.85. The van der Waals surface area contributed by atoms with Crippen LogP contribution in [-0.4, -0.2) is 32.1 Å². The van der Waals surface area contributed by atoms with E-state index in [4.69, 9.17) is 5.73 Å². The van der Waals surface area contributed by atoms with Gasteiger partial charge in [0.2, 0.25) is 0 Å². The van der Waals surface area contributed by atoms with Crippen LogP contribution in [0.15, 0.2) is 0 Å². The summed E-state index contributed by atoms with van der Waals surface area (Å²) in [4.78, 5) is 2.24. The second kappa shape index (κ2) is 3.00. The summed E-state index contributed by atoms with van der Waals surface area (Å²) in [6, 6.07) is 0. The molecule has 2 heteroatoms. The Labute approximate surface area is 76.1 Å². The lowest BCUT2D eigenvalue weighted by atomic mass is 9.92. The van der Waals surface area contributed by atoms with Crippen LogP contribution in [0.4, 0.5) is 0 Å². The Morgan fingerprint density at radius 1 is 1.33 bits per heavy atom. The maximum atomic E-state index is 5.81. The Hall–Kier alpha value is -0.0800. The molecular weight excluding hydrogens is 148 g/mol. The van der Waals surface area contributed by atoms with Crippen LogP contribution in [-0.2, 0) is 0 Å². The van der Waals surface area contributed by atoms with Crippen molar-refractivity contribution in [1.29, 1.82) is 0 Å². The van der Waals surface area contributed by atoms with Crippen molar-refractivity contribution in [3.8, 4) is 0 Å². The first-order chi connectivity index (χ1) is 5.43. The maximum absolute atomic E-state index is 5.81. The minimum absolute atomic E-state index is 0.456. The molecule has 0 amide bonds. The van der Waals surface area contributed by atoms with E-state index in [0.717, 1.165) is 6.54 Å². The highest BCUT2D eigenvalue weighted by Crippen LogP contribution is 2.64. The van der Waals surface area contributed by atoms with E-state index in [1.54, 1.807) is 0 Å². The van der Waals surface area contributed by atoms with E-state index in [-0.39, 0.29) is 0 Å². The Balaban J connectivity index is 2.40. The van der Waals surface area contributed by atoms with Crippen molar-refractivity contribution in [3.05, 3.63) is 0 Å². The molecule has 0 saturated heterocycles. The molecule has 0 heterocycles. The van der Waals surface area contributed by atoms with Crippen molar-refractivity contribution in [3.63, 3.8) is 0 Å². The summed E-state index contributed by atoms with van der Waals surface area (Å²) in [5.74, 6) is 0. The first-order valence-corrected chi connectivity index (χ1v) is 4.78. The molecule has 1 fully saturated rings. The molecule has 2 N–H and O–H groups in total. The SMILES string of the molecule is CN(C)CCC1(CN)CC1(C)C. The molecule has 0 radical (unpaired) electrons. The monoisotopic (exact) mass is 170 g/mol. The molecule has 12 heavy (non-hydrogen) atoms. The van der Waals surface area contributed by atoms with Crippen LogP contribution in [0.3, 0.4) is 0 Å². The lowest BCUT2D eigenvalue weighted by molar-refractivity contribution is 0.299. The van der Waals surface area contributed by atoms with Gasteiger partial charge in [0.05, 0.1) is 0 Å². The van der Waals surface area contributed by atoms with E-state index in [0.29, 0.717) is 10.8 Å². The fourth-order valence-corrected chi connectivity index (χ4v) is 2.12. The van der Waals surface area contributed by atoms with Gasteiger partial charge < -0.3 is 10.6 Å². The molecule has 0 aromatic carbocycles. The molecule has 0 bridgehead atoms. The zero-order valence-electron chi connectivity index (χ0n) is 8.85. The van der Waals surface area contributed by atoms with Crippen molar-refractivity contribution in [2.75, 3.05) is 27.2 Å². The number of hydrogen-bond acceptors (Lipinski definition) is 2. The van der Waals surface area contributed by atoms with Gasteiger partial charge in [0, 0.05) is 0 Å². The summed E-state index contributed by atoms with van der Waals surface area (Å²) in [6.45, 7) is 6.68. The summed E-state index contributed by atoms with van der Waals surface area (Å²) in [5.41, 5.74) is 6.77. The third-order valence-electron chi connectivity index (χ3n) is 3.52. The molecule has 1 aliphatic rings. The van der Waals surface area contributed by atoms with Gasteiger partial charge in [0.15, 0.2) is 0 Å². The molecule has 0 aromatic heterocycles. The van der Waals surface area contributed by atoms with Gasteiger partial charge in [0.25, 0.3) is 0 Å². The second-order valence-electron chi connectivity index (χ2n) is 5.10. The molecule has 1 aliphatic carbocycles. The van der Waals surface area contributed by atoms with Crippen molar-refractivity contribution < 1.29 is 0 Å². The molecule has 1 unspecified atom stereocenters. The first kappa shape index (κ1) is 10.0. The average Bonchev–Trinajstić information content (AvgIpc) is 2.51. The van der Waals surface area contributed by atoms with Crippen LogP contribution in [0, 0.1) is 10.8 Å². The molecule has 1 atom stereocenters. The van der Waals surface area contributed by atoms with Gasteiger partial charge >= 0.3 is 0 Å². The van der Waals surface area contributed by atoms with Gasteiger partial charge in [0.1, 0.15) is 0 Å². The standard InChI is InChI=1S/C10H22N2/c1-9(2)7-10(9,8-11)5-6-12(3)4/h5-8,11H2,1-4H3. The fourth-order valence-electron chi connectivity index (χ4n) is 2.12. The van der Waals surface area contributed by atoms with Crippen LogP contribution in [0.5, 0.6) is 0 Å². The predicted octanol–water partition coefficient (Wildman–Crippen LogP) is 1.31. The van der Waals surface area contributed by atoms with E-state index < -0.39 is 0 Å². The summed E-state index contributed by atoms with van der Waals surface area (Å²) < 4.78 is 0. The summed E-state index contributed by atoms with van der Waals surface area (Å²) >= 11 is 0. The van der Waals surface area contributed by atoms with Gasteiger partial charge in [-0.3, -0.25) is 0 Å². The van der Waals surface area contributed by atoms with Crippen molar-refractivity contribution >= 4 is 0 Å². The number of rotatable bonds is 4. The first-order valence-electron chi connectivity index (χ1n) is 4.78. The van der Waals surface area contributed by atoms with E-state index >= 15 is 0 Å². The highest BCUT2D eigenvalue weighted by atomic mass is 15.1. The van der Waals surface area contributed by atoms with E-state index in [2.05, 4.69) is 32.8 Å². The second-order valence-corrected chi connectivity index (χ2v) is 5.10. The molecule has 0 aromatic rings. The van der Waals surface area contributed by atoms with Crippen LogP contribution in [0.2, 0.25) is 0 Å². The van der Waals surface area contributed by atoms with Crippen LogP contribution >= 0.6 is 0 Å². The number of hydrogen-bond donors (Lipinski definition) is 1. The summed E-state index contributed by atoms with van der Waals surface area (Å²) in [7, 11) is 4.25. The van der Waals surface area contributed by atoms with Crippen LogP contribution < -0.4 is 5.73 Å². The quantitative estimate of drug-likeness (QED) is 0.689. The minimum atomic E-state index is 0.456. The van der Waals surface area contributed by atoms with Crippen LogP contribution in [0.1, 0.15) is 26.7 Å². The largest absolute Gasteiger partial charge is 0.330 e. The van der Waals surface area contributed by atoms with Gasteiger partial charge in [-0.05, 0) is 50.9 Å². The van der Waals surface area contributed by atoms with E-state index in [1.807, 2.05) is 0 Å². The fraction of sp³-hybridized carbons (Fsp3) is 1.00. The van der Waals surface area contributed by atoms with Gasteiger partial charge in [-0.25, -0.2) is 0 Å². The third kappa shape index (κ3) is 1.64. The maximum Gasteiger partial charge on any atom is -0.00147 e. The molecule has 1 rings (SSSR count). The Morgan fingerprint density at radius 3 is 2.08 bits per heavy atom. The summed E-state index contributed by atoms with van der Waals surface area (Å²) in [6.07, 6.45) is 2.56. The molecule has 0 spiro atoms. The van der Waals surface area contributed by atoms with E-state index in [1.165, 1.54) is 19.4 Å². The Kier molecular flexibility index (Phi) is 2.50. The van der Waals surface area contributed by atoms with Gasteiger partial charge in [-0.2, -0.15) is 0 Å². The third-order valence-corrected chi connectivity index (χ3v) is 3.52. The molecule has 0 aliphatic heterocycles. The van der Waals surface area contributed by atoms with Crippen molar-refractivity contribution in [2.24, 2.45) is 16.6 Å². The topological polar surface area (TPSA) is 29.3 Å². The number of nitrogens with zero attached hydrogens (tertiary/aromatic N) is 1. The lowest BCUT2D eigenvalue weighted by Gasteiger charge is -2.20. The molecule has 1 saturated carbocycles. The van der Waals surface area contributed by atoms with Gasteiger partial charge in [-0.15, -0.1) is 0 Å². The zero-order chi connectivity index (χ0) is 9.41. The highest BCUT2D eigenvalue weighted by molar-refractivity contribution is 5.09. The van der Waals surface area contributed by atoms with E-state index in [9.17, 15) is 0 Å². The Bertz CT molecular complexity index is 163. The van der Waals surface area contributed by atoms with Crippen LogP contribution in [0.25, 0.3) is 0 Å². The predicted molar refractivity (Wildman–Crippen MR) is 53.1 cm³/mol. The van der Waals surface area contributed by atoms with Crippen molar-refractivity contribution in [2.45, 2.75) is 26.7 Å². The average molecular weight is 170 g/mol. The molecular formula is C10H22N2. The lowest BCUT2D eigenvalue weighted by Crippen LogP contribution is -2.26. The number of nitrogens with two attached hydrogens (primary N) is 1. The normalized spacial score (nSPS) is 32.5. The van der Waals surface area contributed by atoms with Crippen molar-refractivity contribution in [1.82, 2.24) is 4.90 Å². The highest BCUT2D eigenvalue weighted by Gasteiger charge is 2.59. The Morgan fingerprint density at radius 2 is 1.83 bits per heavy atom.